The van der Waals surface area contributed by atoms with Crippen molar-refractivity contribution in [1.82, 2.24) is 4.90 Å². The van der Waals surface area contributed by atoms with Gasteiger partial charge in [0.1, 0.15) is 4.92 Å². The summed E-state index contributed by atoms with van der Waals surface area (Å²) >= 11 is 0. The Morgan fingerprint density at radius 3 is 2.62 bits per heavy atom. The fourth-order valence-corrected chi connectivity index (χ4v) is 1.36. The van der Waals surface area contributed by atoms with Crippen LogP contribution in [0, 0.1) is 16.0 Å². The Bertz CT molecular complexity index is 397. The third-order valence-corrected chi connectivity index (χ3v) is 1.97. The number of hydrogen-bond donors (Lipinski definition) is 0. The fraction of sp³-hybridized carbons (Fsp3) is 0.500. The van der Waals surface area contributed by atoms with Gasteiger partial charge in [0.25, 0.3) is 5.91 Å². The van der Waals surface area contributed by atoms with Crippen LogP contribution in [-0.4, -0.2) is 29.3 Å². The van der Waals surface area contributed by atoms with Crippen molar-refractivity contribution in [3.05, 3.63) is 28.0 Å². The first kappa shape index (κ1) is 12.2. The molecule has 0 aliphatic heterocycles. The van der Waals surface area contributed by atoms with Gasteiger partial charge in [0.15, 0.2) is 5.76 Å². The summed E-state index contributed by atoms with van der Waals surface area (Å²) in [5, 5.41) is 10.4. The summed E-state index contributed by atoms with van der Waals surface area (Å²) in [6.45, 7) is 4.54. The molecule has 0 radical (unpaired) electrons. The van der Waals surface area contributed by atoms with E-state index in [0.29, 0.717) is 12.5 Å². The summed E-state index contributed by atoms with van der Waals surface area (Å²) in [4.78, 5) is 22.9. The van der Waals surface area contributed by atoms with Crippen LogP contribution in [0.5, 0.6) is 0 Å². The Balaban J connectivity index is 2.76. The Kier molecular flexibility index (Phi) is 3.65. The average molecular weight is 226 g/mol. The minimum Gasteiger partial charge on any atom is -0.395 e. The predicted octanol–water partition coefficient (Wildman–Crippen LogP) is 1.92. The number of hydrogen-bond acceptors (Lipinski definition) is 4. The second kappa shape index (κ2) is 4.78. The Hall–Kier alpha value is -1.85. The highest BCUT2D eigenvalue weighted by molar-refractivity contribution is 5.91. The first-order valence-electron chi connectivity index (χ1n) is 4.91. The van der Waals surface area contributed by atoms with Crippen LogP contribution >= 0.6 is 0 Å². The Labute approximate surface area is 93.0 Å². The maximum atomic E-state index is 11.7. The average Bonchev–Trinajstić information content (AvgIpc) is 2.64. The van der Waals surface area contributed by atoms with Crippen LogP contribution in [-0.2, 0) is 0 Å². The van der Waals surface area contributed by atoms with E-state index in [0.717, 1.165) is 0 Å². The molecule has 0 fully saturated rings. The second-order valence-corrected chi connectivity index (χ2v) is 3.97. The number of furan rings is 1. The highest BCUT2D eigenvalue weighted by Gasteiger charge is 2.20. The van der Waals surface area contributed by atoms with Crippen molar-refractivity contribution >= 4 is 11.8 Å². The summed E-state index contributed by atoms with van der Waals surface area (Å²) in [5.41, 5.74) is 0. The summed E-state index contributed by atoms with van der Waals surface area (Å²) in [5.74, 6) is -0.433. The van der Waals surface area contributed by atoms with Crippen LogP contribution in [0.4, 0.5) is 5.88 Å². The molecule has 1 rings (SSSR count). The van der Waals surface area contributed by atoms with Gasteiger partial charge in [-0.1, -0.05) is 13.8 Å². The molecule has 0 saturated carbocycles. The molecule has 0 bridgehead atoms. The lowest BCUT2D eigenvalue weighted by atomic mass is 10.2. The van der Waals surface area contributed by atoms with Crippen molar-refractivity contribution in [2.24, 2.45) is 5.92 Å². The van der Waals surface area contributed by atoms with Crippen molar-refractivity contribution in [3.63, 3.8) is 0 Å². The number of nitro groups is 1. The molecule has 1 aromatic rings. The molecule has 6 heteroatoms. The molecule has 0 aliphatic carbocycles. The highest BCUT2D eigenvalue weighted by atomic mass is 16.6. The first-order valence-corrected chi connectivity index (χ1v) is 4.91. The minimum absolute atomic E-state index is 0.00477. The third-order valence-electron chi connectivity index (χ3n) is 1.97. The molecule has 1 heterocycles. The van der Waals surface area contributed by atoms with Gasteiger partial charge in [0.05, 0.1) is 6.07 Å². The quantitative estimate of drug-likeness (QED) is 0.580. The minimum atomic E-state index is -0.667. The molecule has 0 unspecified atom stereocenters. The van der Waals surface area contributed by atoms with Gasteiger partial charge >= 0.3 is 5.88 Å². The third kappa shape index (κ3) is 2.82. The number of carbonyl (C=O) groups excluding carboxylic acids is 1. The monoisotopic (exact) mass is 226 g/mol. The van der Waals surface area contributed by atoms with Crippen LogP contribution in [0.1, 0.15) is 24.4 Å². The van der Waals surface area contributed by atoms with Crippen LogP contribution in [0.2, 0.25) is 0 Å². The van der Waals surface area contributed by atoms with Crippen molar-refractivity contribution < 1.29 is 14.1 Å². The van der Waals surface area contributed by atoms with E-state index in [1.54, 1.807) is 7.05 Å². The SMILES string of the molecule is CC(C)CN(C)C(=O)c1ccc([N+](=O)[O-])o1. The highest BCUT2D eigenvalue weighted by Crippen LogP contribution is 2.17. The van der Waals surface area contributed by atoms with Crippen molar-refractivity contribution in [2.45, 2.75) is 13.8 Å². The molecule has 1 aromatic heterocycles. The van der Waals surface area contributed by atoms with E-state index in [9.17, 15) is 14.9 Å². The zero-order valence-electron chi connectivity index (χ0n) is 9.47. The van der Waals surface area contributed by atoms with Crippen LogP contribution < -0.4 is 0 Å². The van der Waals surface area contributed by atoms with Crippen LogP contribution in [0.25, 0.3) is 0 Å². The van der Waals surface area contributed by atoms with E-state index >= 15 is 0 Å². The lowest BCUT2D eigenvalue weighted by molar-refractivity contribution is -0.402. The van der Waals surface area contributed by atoms with Crippen molar-refractivity contribution in [3.8, 4) is 0 Å². The smallest absolute Gasteiger partial charge is 0.395 e. The zero-order valence-corrected chi connectivity index (χ0v) is 9.47. The Morgan fingerprint density at radius 1 is 1.56 bits per heavy atom. The molecule has 16 heavy (non-hydrogen) atoms. The van der Waals surface area contributed by atoms with Gasteiger partial charge in [-0.15, -0.1) is 0 Å². The molecule has 0 atom stereocenters. The van der Waals surface area contributed by atoms with Gasteiger partial charge in [-0.2, -0.15) is 0 Å². The zero-order chi connectivity index (χ0) is 12.3. The first-order chi connectivity index (χ1) is 7.41. The molecule has 1 amide bonds. The topological polar surface area (TPSA) is 76.6 Å². The van der Waals surface area contributed by atoms with E-state index in [4.69, 9.17) is 4.42 Å². The largest absolute Gasteiger partial charge is 0.433 e. The van der Waals surface area contributed by atoms with E-state index in [2.05, 4.69) is 0 Å². The summed E-state index contributed by atoms with van der Waals surface area (Å²) in [7, 11) is 1.64. The van der Waals surface area contributed by atoms with Crippen molar-refractivity contribution in [2.75, 3.05) is 13.6 Å². The Morgan fingerprint density at radius 2 is 2.19 bits per heavy atom. The molecule has 6 nitrogen and oxygen atoms in total. The van der Waals surface area contributed by atoms with E-state index < -0.39 is 10.8 Å². The summed E-state index contributed by atoms with van der Waals surface area (Å²) < 4.78 is 4.82. The van der Waals surface area contributed by atoms with Gasteiger partial charge in [-0.25, -0.2) is 0 Å². The fourth-order valence-electron chi connectivity index (χ4n) is 1.36. The molecule has 0 spiro atoms. The van der Waals surface area contributed by atoms with Crippen molar-refractivity contribution in [1.29, 1.82) is 0 Å². The van der Waals surface area contributed by atoms with E-state index in [-0.39, 0.29) is 11.7 Å². The van der Waals surface area contributed by atoms with E-state index in [1.165, 1.54) is 17.0 Å². The normalized spacial score (nSPS) is 10.5. The van der Waals surface area contributed by atoms with Gasteiger partial charge in [0.2, 0.25) is 0 Å². The van der Waals surface area contributed by atoms with Crippen LogP contribution in [0.15, 0.2) is 16.5 Å². The maximum absolute atomic E-state index is 11.7. The van der Waals surface area contributed by atoms with Gasteiger partial charge in [-0.05, 0) is 12.0 Å². The molecular formula is C10H14N2O4. The molecule has 0 saturated heterocycles. The molecule has 0 N–H and O–H groups in total. The standard InChI is InChI=1S/C10H14N2O4/c1-7(2)6-11(3)10(13)8-4-5-9(16-8)12(14)15/h4-5,7H,6H2,1-3H3. The molecule has 0 aliphatic rings. The molecular weight excluding hydrogens is 212 g/mol. The summed E-state index contributed by atoms with van der Waals surface area (Å²) in [6, 6.07) is 2.49. The van der Waals surface area contributed by atoms with Gasteiger partial charge < -0.3 is 9.32 Å². The number of rotatable bonds is 4. The molecule has 0 aromatic carbocycles. The van der Waals surface area contributed by atoms with E-state index in [1.807, 2.05) is 13.8 Å². The van der Waals surface area contributed by atoms with Gasteiger partial charge in [0, 0.05) is 13.6 Å². The lowest BCUT2D eigenvalue weighted by Crippen LogP contribution is -2.29. The predicted molar refractivity (Wildman–Crippen MR) is 57.2 cm³/mol. The van der Waals surface area contributed by atoms with Crippen LogP contribution in [0.3, 0.4) is 0 Å². The number of carbonyl (C=O) groups is 1. The van der Waals surface area contributed by atoms with Gasteiger partial charge in [-0.3, -0.25) is 14.9 Å². The number of amides is 1. The lowest BCUT2D eigenvalue weighted by Gasteiger charge is -2.17. The second-order valence-electron chi connectivity index (χ2n) is 3.97. The number of nitrogens with zero attached hydrogens (tertiary/aromatic N) is 2. The summed E-state index contributed by atoms with van der Waals surface area (Å²) in [6.07, 6.45) is 0. The molecule has 88 valence electrons. The maximum Gasteiger partial charge on any atom is 0.433 e.